The standard InChI is InChI=1S/C6H15N2O3P/c1-3-10-12(9,11-4-2)6-5-8-7/h5H,3-4,6-7H2,1-2H3/b8-5+. The van der Waals surface area contributed by atoms with Crippen molar-refractivity contribution in [3.63, 3.8) is 0 Å². The predicted molar refractivity (Wildman–Crippen MR) is 48.4 cm³/mol. The summed E-state index contributed by atoms with van der Waals surface area (Å²) in [4.78, 5) is 0. The molecule has 6 heteroatoms. The van der Waals surface area contributed by atoms with Gasteiger partial charge in [0.05, 0.1) is 19.4 Å². The SMILES string of the molecule is CCOP(=O)(C/C=N/N)OCC. The Kier molecular flexibility index (Phi) is 5.98. The lowest BCUT2D eigenvalue weighted by atomic mass is 10.9. The summed E-state index contributed by atoms with van der Waals surface area (Å²) in [6, 6.07) is 0. The molecule has 0 saturated heterocycles. The highest BCUT2D eigenvalue weighted by Crippen LogP contribution is 2.46. The van der Waals surface area contributed by atoms with E-state index >= 15 is 0 Å². The van der Waals surface area contributed by atoms with Crippen molar-refractivity contribution in [1.82, 2.24) is 0 Å². The molecule has 0 fully saturated rings. The normalized spacial score (nSPS) is 12.5. The van der Waals surface area contributed by atoms with E-state index in [0.29, 0.717) is 13.2 Å². The first kappa shape index (κ1) is 11.6. The monoisotopic (exact) mass is 194 g/mol. The zero-order valence-electron chi connectivity index (χ0n) is 7.40. The third-order valence-corrected chi connectivity index (χ3v) is 2.98. The van der Waals surface area contributed by atoms with Gasteiger partial charge in [-0.25, -0.2) is 0 Å². The van der Waals surface area contributed by atoms with Crippen molar-refractivity contribution in [2.45, 2.75) is 13.8 Å². The maximum Gasteiger partial charge on any atom is 0.336 e. The van der Waals surface area contributed by atoms with Crippen LogP contribution < -0.4 is 5.84 Å². The molecule has 0 aromatic carbocycles. The Morgan fingerprint density at radius 2 is 1.92 bits per heavy atom. The Morgan fingerprint density at radius 3 is 2.25 bits per heavy atom. The van der Waals surface area contributed by atoms with Gasteiger partial charge in [-0.15, -0.1) is 0 Å². The Hall–Kier alpha value is -0.380. The summed E-state index contributed by atoms with van der Waals surface area (Å²) in [6.45, 7) is 4.22. The van der Waals surface area contributed by atoms with Gasteiger partial charge in [-0.1, -0.05) is 0 Å². The van der Waals surface area contributed by atoms with Crippen molar-refractivity contribution in [2.24, 2.45) is 10.9 Å². The molecule has 0 spiro atoms. The molecule has 0 saturated carbocycles. The molecule has 0 unspecified atom stereocenters. The minimum absolute atomic E-state index is 0.130. The van der Waals surface area contributed by atoms with Gasteiger partial charge in [0.1, 0.15) is 0 Å². The molecule has 0 bridgehead atoms. The van der Waals surface area contributed by atoms with Crippen molar-refractivity contribution < 1.29 is 13.6 Å². The molecule has 0 amide bonds. The molecule has 0 aliphatic carbocycles. The third kappa shape index (κ3) is 4.49. The summed E-state index contributed by atoms with van der Waals surface area (Å²) in [6.07, 6.45) is 1.46. The average Bonchev–Trinajstić information content (AvgIpc) is 2.02. The minimum atomic E-state index is -2.97. The lowest BCUT2D eigenvalue weighted by Gasteiger charge is -2.14. The maximum atomic E-state index is 11.6. The molecule has 0 aliphatic heterocycles. The van der Waals surface area contributed by atoms with E-state index in [-0.39, 0.29) is 6.16 Å². The fraction of sp³-hybridized carbons (Fsp3) is 0.833. The second kappa shape index (κ2) is 6.17. The first-order chi connectivity index (χ1) is 5.68. The van der Waals surface area contributed by atoms with E-state index < -0.39 is 7.60 Å². The van der Waals surface area contributed by atoms with Gasteiger partial charge in [0, 0.05) is 6.21 Å². The first-order valence-electron chi connectivity index (χ1n) is 3.78. The topological polar surface area (TPSA) is 73.9 Å². The van der Waals surface area contributed by atoms with E-state index in [1.807, 2.05) is 0 Å². The molecule has 0 heterocycles. The molecular formula is C6H15N2O3P. The van der Waals surface area contributed by atoms with Crippen molar-refractivity contribution in [1.29, 1.82) is 0 Å². The van der Waals surface area contributed by atoms with Gasteiger partial charge >= 0.3 is 7.60 Å². The van der Waals surface area contributed by atoms with Crippen LogP contribution >= 0.6 is 7.60 Å². The zero-order valence-corrected chi connectivity index (χ0v) is 8.29. The summed E-state index contributed by atoms with van der Waals surface area (Å²) in [7, 11) is -2.97. The summed E-state index contributed by atoms with van der Waals surface area (Å²) in [5.41, 5.74) is 0. The van der Waals surface area contributed by atoms with Gasteiger partial charge < -0.3 is 14.9 Å². The molecular weight excluding hydrogens is 179 g/mol. The fourth-order valence-corrected chi connectivity index (χ4v) is 2.05. The summed E-state index contributed by atoms with van der Waals surface area (Å²) in [5, 5.41) is 3.23. The lowest BCUT2D eigenvalue weighted by molar-refractivity contribution is 0.223. The number of hydrazone groups is 1. The van der Waals surface area contributed by atoms with E-state index in [0.717, 1.165) is 0 Å². The quantitative estimate of drug-likeness (QED) is 0.298. The van der Waals surface area contributed by atoms with Crippen LogP contribution in [-0.4, -0.2) is 25.6 Å². The number of hydrogen-bond acceptors (Lipinski definition) is 5. The van der Waals surface area contributed by atoms with Crippen LogP contribution in [0.5, 0.6) is 0 Å². The van der Waals surface area contributed by atoms with Gasteiger partial charge in [-0.05, 0) is 13.8 Å². The van der Waals surface area contributed by atoms with E-state index in [1.54, 1.807) is 13.8 Å². The Bertz CT molecular complexity index is 174. The van der Waals surface area contributed by atoms with Crippen LogP contribution in [0.25, 0.3) is 0 Å². The fourth-order valence-electron chi connectivity index (χ4n) is 0.683. The predicted octanol–water partition coefficient (Wildman–Crippen LogP) is 1.20. The van der Waals surface area contributed by atoms with Crippen LogP contribution in [0.3, 0.4) is 0 Å². The molecule has 0 aliphatic rings. The number of hydrogen-bond donors (Lipinski definition) is 1. The van der Waals surface area contributed by atoms with Crippen molar-refractivity contribution in [3.05, 3.63) is 0 Å². The Balaban J connectivity index is 4.08. The molecule has 0 aromatic heterocycles. The Labute approximate surface area is 72.5 Å². The highest BCUT2D eigenvalue weighted by Gasteiger charge is 2.21. The van der Waals surface area contributed by atoms with Crippen LogP contribution in [-0.2, 0) is 13.6 Å². The third-order valence-electron chi connectivity index (χ3n) is 1.06. The van der Waals surface area contributed by atoms with Crippen LogP contribution in [0.15, 0.2) is 5.10 Å². The summed E-state index contributed by atoms with van der Waals surface area (Å²) >= 11 is 0. The summed E-state index contributed by atoms with van der Waals surface area (Å²) < 4.78 is 21.5. The number of nitrogens with two attached hydrogens (primary N) is 1. The van der Waals surface area contributed by atoms with Gasteiger partial charge in [0.25, 0.3) is 0 Å². The maximum absolute atomic E-state index is 11.6. The highest BCUT2D eigenvalue weighted by molar-refractivity contribution is 7.54. The van der Waals surface area contributed by atoms with Gasteiger partial charge in [-0.3, -0.25) is 4.57 Å². The van der Waals surface area contributed by atoms with Gasteiger partial charge in [-0.2, -0.15) is 5.10 Å². The smallest absolute Gasteiger partial charge is 0.324 e. The average molecular weight is 194 g/mol. The van der Waals surface area contributed by atoms with Crippen LogP contribution in [0.4, 0.5) is 0 Å². The minimum Gasteiger partial charge on any atom is -0.324 e. The molecule has 2 N–H and O–H groups in total. The lowest BCUT2D eigenvalue weighted by Crippen LogP contribution is -2.01. The molecule has 72 valence electrons. The number of rotatable bonds is 6. The molecule has 5 nitrogen and oxygen atoms in total. The largest absolute Gasteiger partial charge is 0.336 e. The van der Waals surface area contributed by atoms with Gasteiger partial charge in [0.15, 0.2) is 0 Å². The van der Waals surface area contributed by atoms with E-state index in [9.17, 15) is 4.57 Å². The number of nitrogens with zero attached hydrogens (tertiary/aromatic N) is 1. The molecule has 0 atom stereocenters. The highest BCUT2D eigenvalue weighted by atomic mass is 31.2. The summed E-state index contributed by atoms with van der Waals surface area (Å²) in [5.74, 6) is 4.87. The Morgan fingerprint density at radius 1 is 1.42 bits per heavy atom. The van der Waals surface area contributed by atoms with Crippen molar-refractivity contribution >= 4 is 13.8 Å². The van der Waals surface area contributed by atoms with E-state index in [2.05, 4.69) is 5.10 Å². The molecule has 0 aromatic rings. The van der Waals surface area contributed by atoms with E-state index in [4.69, 9.17) is 14.9 Å². The zero-order chi connectivity index (χ0) is 9.45. The van der Waals surface area contributed by atoms with Crippen LogP contribution in [0.1, 0.15) is 13.8 Å². The van der Waals surface area contributed by atoms with Crippen LogP contribution in [0.2, 0.25) is 0 Å². The molecule has 0 radical (unpaired) electrons. The van der Waals surface area contributed by atoms with Gasteiger partial charge in [0.2, 0.25) is 0 Å². The van der Waals surface area contributed by atoms with Crippen molar-refractivity contribution in [3.8, 4) is 0 Å². The second-order valence-electron chi connectivity index (χ2n) is 1.96. The van der Waals surface area contributed by atoms with Crippen LogP contribution in [0, 0.1) is 0 Å². The van der Waals surface area contributed by atoms with Crippen molar-refractivity contribution in [2.75, 3.05) is 19.4 Å². The second-order valence-corrected chi connectivity index (χ2v) is 4.06. The molecule has 0 rings (SSSR count). The molecule has 12 heavy (non-hydrogen) atoms. The first-order valence-corrected chi connectivity index (χ1v) is 5.51. The van der Waals surface area contributed by atoms with E-state index in [1.165, 1.54) is 6.21 Å².